The molecule has 1 aliphatic heterocycles. The van der Waals surface area contributed by atoms with Gasteiger partial charge in [-0.25, -0.2) is 0 Å². The van der Waals surface area contributed by atoms with Crippen LogP contribution in [0.15, 0.2) is 0 Å². The number of hydrogen-bond donors (Lipinski definition) is 2. The van der Waals surface area contributed by atoms with Crippen LogP contribution in [0.2, 0.25) is 0 Å². The molecule has 1 saturated heterocycles. The van der Waals surface area contributed by atoms with E-state index in [1.165, 1.54) is 6.92 Å². The number of hydrogen-bond acceptors (Lipinski definition) is 5. The average molecular weight is 189 g/mol. The summed E-state index contributed by atoms with van der Waals surface area (Å²) in [5.74, 6) is -0.402. The molecule has 0 aliphatic carbocycles. The van der Waals surface area contributed by atoms with Crippen LogP contribution in [0.4, 0.5) is 0 Å². The van der Waals surface area contributed by atoms with Crippen LogP contribution < -0.4 is 5.73 Å². The van der Waals surface area contributed by atoms with E-state index in [-0.39, 0.29) is 6.10 Å². The fourth-order valence-electron chi connectivity index (χ4n) is 1.41. The van der Waals surface area contributed by atoms with Gasteiger partial charge in [0, 0.05) is 13.3 Å². The summed E-state index contributed by atoms with van der Waals surface area (Å²) in [6, 6.07) is 0. The SMILES string of the molecule is CC(=O)OC1CC(CCN)OC1O. The van der Waals surface area contributed by atoms with Crippen LogP contribution in [0.3, 0.4) is 0 Å². The normalized spacial score (nSPS) is 33.3. The Morgan fingerprint density at radius 2 is 2.46 bits per heavy atom. The Balaban J connectivity index is 2.37. The number of carbonyl (C=O) groups excluding carboxylic acids is 1. The molecule has 0 aromatic carbocycles. The molecule has 1 fully saturated rings. The summed E-state index contributed by atoms with van der Waals surface area (Å²) in [5.41, 5.74) is 5.33. The fourth-order valence-corrected chi connectivity index (χ4v) is 1.41. The molecule has 3 atom stereocenters. The van der Waals surface area contributed by atoms with Crippen molar-refractivity contribution < 1.29 is 19.4 Å². The molecule has 3 unspecified atom stereocenters. The zero-order chi connectivity index (χ0) is 9.84. The van der Waals surface area contributed by atoms with E-state index in [1.54, 1.807) is 0 Å². The van der Waals surface area contributed by atoms with Crippen molar-refractivity contribution in [2.24, 2.45) is 5.73 Å². The molecule has 1 aliphatic rings. The Kier molecular flexibility index (Phi) is 3.65. The van der Waals surface area contributed by atoms with Gasteiger partial charge in [-0.15, -0.1) is 0 Å². The smallest absolute Gasteiger partial charge is 0.303 e. The van der Waals surface area contributed by atoms with Crippen molar-refractivity contribution >= 4 is 5.97 Å². The topological polar surface area (TPSA) is 81.8 Å². The van der Waals surface area contributed by atoms with Gasteiger partial charge in [-0.05, 0) is 13.0 Å². The molecule has 0 radical (unpaired) electrons. The predicted octanol–water partition coefficient (Wildman–Crippen LogP) is -0.626. The van der Waals surface area contributed by atoms with Crippen molar-refractivity contribution in [1.82, 2.24) is 0 Å². The second-order valence-electron chi connectivity index (χ2n) is 3.11. The van der Waals surface area contributed by atoms with Crippen LogP contribution in [0.1, 0.15) is 19.8 Å². The van der Waals surface area contributed by atoms with Crippen LogP contribution in [0.25, 0.3) is 0 Å². The molecule has 5 nitrogen and oxygen atoms in total. The number of ether oxygens (including phenoxy) is 2. The first-order valence-electron chi connectivity index (χ1n) is 4.34. The third-order valence-corrected chi connectivity index (χ3v) is 1.95. The van der Waals surface area contributed by atoms with Crippen LogP contribution >= 0.6 is 0 Å². The lowest BCUT2D eigenvalue weighted by Gasteiger charge is -2.11. The fraction of sp³-hybridized carbons (Fsp3) is 0.875. The van der Waals surface area contributed by atoms with Gasteiger partial charge >= 0.3 is 5.97 Å². The maximum Gasteiger partial charge on any atom is 0.303 e. The second-order valence-corrected chi connectivity index (χ2v) is 3.11. The molecule has 1 heterocycles. The summed E-state index contributed by atoms with van der Waals surface area (Å²) in [6.45, 7) is 1.81. The minimum absolute atomic E-state index is 0.0932. The molecule has 76 valence electrons. The third-order valence-electron chi connectivity index (χ3n) is 1.95. The Morgan fingerprint density at radius 1 is 1.77 bits per heavy atom. The van der Waals surface area contributed by atoms with Gasteiger partial charge in [0.25, 0.3) is 0 Å². The van der Waals surface area contributed by atoms with Gasteiger partial charge in [0.1, 0.15) is 0 Å². The highest BCUT2D eigenvalue weighted by Gasteiger charge is 2.35. The van der Waals surface area contributed by atoms with Gasteiger partial charge in [-0.1, -0.05) is 0 Å². The van der Waals surface area contributed by atoms with Crippen molar-refractivity contribution in [1.29, 1.82) is 0 Å². The van der Waals surface area contributed by atoms with Gasteiger partial charge in [0.15, 0.2) is 12.4 Å². The van der Waals surface area contributed by atoms with Gasteiger partial charge in [-0.3, -0.25) is 4.79 Å². The number of nitrogens with two attached hydrogens (primary N) is 1. The summed E-state index contributed by atoms with van der Waals surface area (Å²) in [5, 5.41) is 9.29. The molecule has 0 bridgehead atoms. The first-order valence-corrected chi connectivity index (χ1v) is 4.34. The molecular formula is C8H15NO4. The first-order chi connectivity index (χ1) is 6.13. The lowest BCUT2D eigenvalue weighted by atomic mass is 10.1. The molecule has 3 N–H and O–H groups in total. The standard InChI is InChI=1S/C8H15NO4/c1-5(10)12-7-4-6(2-3-9)13-8(7)11/h6-8,11H,2-4,9H2,1H3. The minimum atomic E-state index is -1.000. The van der Waals surface area contributed by atoms with E-state index in [9.17, 15) is 9.90 Å². The van der Waals surface area contributed by atoms with Crippen molar-refractivity contribution in [2.45, 2.75) is 38.3 Å². The second kappa shape index (κ2) is 4.55. The van der Waals surface area contributed by atoms with Crippen LogP contribution in [-0.2, 0) is 14.3 Å². The number of aliphatic hydroxyl groups is 1. The highest BCUT2D eigenvalue weighted by Crippen LogP contribution is 2.23. The summed E-state index contributed by atoms with van der Waals surface area (Å²) in [6.07, 6.45) is -0.425. The van der Waals surface area contributed by atoms with Gasteiger partial charge < -0.3 is 20.3 Å². The third kappa shape index (κ3) is 2.95. The molecule has 0 aromatic heterocycles. The molecule has 0 spiro atoms. The monoisotopic (exact) mass is 189 g/mol. The summed E-state index contributed by atoms with van der Waals surface area (Å²) in [4.78, 5) is 10.6. The molecule has 13 heavy (non-hydrogen) atoms. The van der Waals surface area contributed by atoms with Crippen molar-refractivity contribution in [3.63, 3.8) is 0 Å². The highest BCUT2D eigenvalue weighted by molar-refractivity contribution is 5.66. The van der Waals surface area contributed by atoms with E-state index in [2.05, 4.69) is 0 Å². The van der Waals surface area contributed by atoms with Crippen molar-refractivity contribution in [2.75, 3.05) is 6.54 Å². The van der Waals surface area contributed by atoms with Gasteiger partial charge in [-0.2, -0.15) is 0 Å². The lowest BCUT2D eigenvalue weighted by molar-refractivity contribution is -0.167. The zero-order valence-corrected chi connectivity index (χ0v) is 7.60. The van der Waals surface area contributed by atoms with Gasteiger partial charge in [0.2, 0.25) is 0 Å². The summed E-state index contributed by atoms with van der Waals surface area (Å²) < 4.78 is 9.96. The lowest BCUT2D eigenvalue weighted by Crippen LogP contribution is -2.25. The number of esters is 1. The number of rotatable bonds is 3. The highest BCUT2D eigenvalue weighted by atomic mass is 16.7. The van der Waals surface area contributed by atoms with E-state index < -0.39 is 18.4 Å². The molecule has 0 amide bonds. The Labute approximate surface area is 76.8 Å². The Hall–Kier alpha value is -0.650. The van der Waals surface area contributed by atoms with Gasteiger partial charge in [0.05, 0.1) is 6.10 Å². The molecule has 1 rings (SSSR count). The Bertz CT molecular complexity index is 185. The maximum atomic E-state index is 10.6. The van der Waals surface area contributed by atoms with E-state index in [1.807, 2.05) is 0 Å². The van der Waals surface area contributed by atoms with E-state index >= 15 is 0 Å². The average Bonchev–Trinajstić information content (AvgIpc) is 2.31. The summed E-state index contributed by atoms with van der Waals surface area (Å²) in [7, 11) is 0. The van der Waals surface area contributed by atoms with E-state index in [0.29, 0.717) is 19.4 Å². The first kappa shape index (κ1) is 10.4. The molecule has 5 heteroatoms. The molecular weight excluding hydrogens is 174 g/mol. The van der Waals surface area contributed by atoms with Crippen LogP contribution in [0, 0.1) is 0 Å². The number of aliphatic hydroxyl groups excluding tert-OH is 1. The number of carbonyl (C=O) groups is 1. The summed E-state index contributed by atoms with van der Waals surface area (Å²) >= 11 is 0. The largest absolute Gasteiger partial charge is 0.457 e. The zero-order valence-electron chi connectivity index (χ0n) is 7.60. The molecule has 0 saturated carbocycles. The van der Waals surface area contributed by atoms with E-state index in [0.717, 1.165) is 0 Å². The Morgan fingerprint density at radius 3 is 3.00 bits per heavy atom. The van der Waals surface area contributed by atoms with E-state index in [4.69, 9.17) is 15.2 Å². The van der Waals surface area contributed by atoms with Crippen LogP contribution in [-0.4, -0.2) is 36.1 Å². The predicted molar refractivity (Wildman–Crippen MR) is 44.7 cm³/mol. The van der Waals surface area contributed by atoms with Crippen LogP contribution in [0.5, 0.6) is 0 Å². The minimum Gasteiger partial charge on any atom is -0.457 e. The maximum absolute atomic E-state index is 10.6. The van der Waals surface area contributed by atoms with Crippen molar-refractivity contribution in [3.05, 3.63) is 0 Å². The van der Waals surface area contributed by atoms with Crippen molar-refractivity contribution in [3.8, 4) is 0 Å². The quantitative estimate of drug-likeness (QED) is 0.578. The molecule has 0 aromatic rings.